The molecule has 1 aromatic carbocycles. The van der Waals surface area contributed by atoms with Crippen molar-refractivity contribution in [3.05, 3.63) is 28.8 Å². The fraction of sp³-hybridized carbons (Fsp3) is 0.417. The molecule has 3 N–H and O–H groups in total. The van der Waals surface area contributed by atoms with Crippen molar-refractivity contribution in [2.24, 2.45) is 0 Å². The standard InChI is InChI=1S/C12H10B2F5NO5S/c13-3-5-1-6(4-14)8(20)7(2-5)9(21)25-10(11(15,16)17)12(18,19)26(22,23)24/h1-2,10H,3-4,20H2,(H,22,23,24). The van der Waals surface area contributed by atoms with E-state index in [1.807, 2.05) is 0 Å². The van der Waals surface area contributed by atoms with Crippen LogP contribution in [-0.2, 0) is 27.5 Å². The molecule has 26 heavy (non-hydrogen) atoms. The number of anilines is 1. The second-order valence-corrected chi connectivity index (χ2v) is 6.48. The molecule has 0 aromatic heterocycles. The Morgan fingerprint density at radius 1 is 1.19 bits per heavy atom. The van der Waals surface area contributed by atoms with Gasteiger partial charge in [0.15, 0.2) is 0 Å². The summed E-state index contributed by atoms with van der Waals surface area (Å²) < 4.78 is 98.5. The summed E-state index contributed by atoms with van der Waals surface area (Å²) >= 11 is 0. The lowest BCUT2D eigenvalue weighted by atomic mass is 9.88. The highest BCUT2D eigenvalue weighted by Crippen LogP contribution is 2.38. The Balaban J connectivity index is 3.41. The second-order valence-electron chi connectivity index (χ2n) is 4.99. The Morgan fingerprint density at radius 3 is 2.12 bits per heavy atom. The van der Waals surface area contributed by atoms with Crippen molar-refractivity contribution >= 4 is 37.5 Å². The van der Waals surface area contributed by atoms with Crippen molar-refractivity contribution in [2.75, 3.05) is 5.73 Å². The maximum absolute atomic E-state index is 13.5. The highest BCUT2D eigenvalue weighted by Gasteiger charge is 2.66. The summed E-state index contributed by atoms with van der Waals surface area (Å²) in [7, 11) is 4.15. The normalized spacial score (nSPS) is 14.1. The molecule has 140 valence electrons. The SMILES string of the molecule is [B]Cc1cc(C[B])c(N)c(C(=O)OC(C(F)(F)F)C(F)(F)S(=O)(=O)O)c1. The molecule has 0 saturated carbocycles. The predicted octanol–water partition coefficient (Wildman–Crippen LogP) is 1.17. The van der Waals surface area contributed by atoms with Gasteiger partial charge < -0.3 is 10.5 Å². The predicted molar refractivity (Wildman–Crippen MR) is 81.5 cm³/mol. The summed E-state index contributed by atoms with van der Waals surface area (Å²) in [6.07, 6.45) is -11.0. The highest BCUT2D eigenvalue weighted by atomic mass is 32.2. The zero-order valence-corrected chi connectivity index (χ0v) is 13.6. The van der Waals surface area contributed by atoms with Crippen LogP contribution in [0.25, 0.3) is 0 Å². The van der Waals surface area contributed by atoms with E-state index < -0.39 is 44.9 Å². The first-order valence-electron chi connectivity index (χ1n) is 6.60. The van der Waals surface area contributed by atoms with Gasteiger partial charge >= 0.3 is 27.5 Å². The number of rotatable bonds is 6. The maximum atomic E-state index is 13.5. The summed E-state index contributed by atoms with van der Waals surface area (Å²) in [6, 6.07) is 2.22. The molecule has 0 saturated heterocycles. The van der Waals surface area contributed by atoms with E-state index in [0.717, 1.165) is 6.07 Å². The fourth-order valence-electron chi connectivity index (χ4n) is 1.87. The molecular formula is C12H10B2F5NO5S. The summed E-state index contributed by atoms with van der Waals surface area (Å²) in [6.45, 7) is 0. The van der Waals surface area contributed by atoms with Gasteiger partial charge in [0.05, 0.1) is 21.3 Å². The first kappa shape index (κ1) is 22.2. The van der Waals surface area contributed by atoms with Gasteiger partial charge in [-0.15, -0.1) is 0 Å². The quantitative estimate of drug-likeness (QED) is 0.246. The number of esters is 1. The van der Waals surface area contributed by atoms with Gasteiger partial charge in [-0.1, -0.05) is 24.3 Å². The third kappa shape index (κ3) is 4.47. The summed E-state index contributed by atoms with van der Waals surface area (Å²) in [5, 5.41) is -5.85. The fourth-order valence-corrected chi connectivity index (χ4v) is 2.32. The maximum Gasteiger partial charge on any atom is 0.432 e. The first-order chi connectivity index (χ1) is 11.7. The molecule has 0 spiro atoms. The van der Waals surface area contributed by atoms with E-state index in [0.29, 0.717) is 0 Å². The van der Waals surface area contributed by atoms with Gasteiger partial charge in [-0.2, -0.15) is 30.4 Å². The number of hydrogen-bond acceptors (Lipinski definition) is 5. The van der Waals surface area contributed by atoms with Crippen LogP contribution < -0.4 is 5.73 Å². The molecule has 1 unspecified atom stereocenters. The first-order valence-corrected chi connectivity index (χ1v) is 8.04. The van der Waals surface area contributed by atoms with E-state index in [-0.39, 0.29) is 23.8 Å². The highest BCUT2D eigenvalue weighted by molar-refractivity contribution is 7.86. The van der Waals surface area contributed by atoms with Crippen LogP contribution in [0.5, 0.6) is 0 Å². The molecule has 0 bridgehead atoms. The van der Waals surface area contributed by atoms with Crippen LogP contribution in [-0.4, -0.2) is 52.2 Å². The van der Waals surface area contributed by atoms with Crippen LogP contribution >= 0.6 is 0 Å². The van der Waals surface area contributed by atoms with Crippen molar-refractivity contribution in [1.82, 2.24) is 0 Å². The molecule has 6 nitrogen and oxygen atoms in total. The monoisotopic (exact) mass is 397 g/mol. The largest absolute Gasteiger partial charge is 0.441 e. The van der Waals surface area contributed by atoms with E-state index in [2.05, 4.69) is 4.74 Å². The molecule has 0 fully saturated rings. The lowest BCUT2D eigenvalue weighted by Gasteiger charge is -2.26. The second kappa shape index (κ2) is 7.43. The summed E-state index contributed by atoms with van der Waals surface area (Å²) in [5.41, 5.74) is 4.57. The third-order valence-corrected chi connectivity index (χ3v) is 4.07. The number of nitrogens with two attached hydrogens (primary N) is 1. The van der Waals surface area contributed by atoms with Crippen LogP contribution in [0, 0.1) is 0 Å². The minimum atomic E-state index is -6.55. The van der Waals surface area contributed by atoms with Gasteiger partial charge in [0.1, 0.15) is 0 Å². The van der Waals surface area contributed by atoms with Crippen molar-refractivity contribution in [2.45, 2.75) is 30.2 Å². The van der Waals surface area contributed by atoms with Crippen molar-refractivity contribution in [1.29, 1.82) is 0 Å². The van der Waals surface area contributed by atoms with Crippen LogP contribution in [0.3, 0.4) is 0 Å². The van der Waals surface area contributed by atoms with E-state index in [1.54, 1.807) is 0 Å². The molecule has 1 atom stereocenters. The van der Waals surface area contributed by atoms with Gasteiger partial charge in [0, 0.05) is 5.69 Å². The summed E-state index contributed by atoms with van der Waals surface area (Å²) in [4.78, 5) is 11.9. The number of hydrogen-bond donors (Lipinski definition) is 2. The lowest BCUT2D eigenvalue weighted by molar-refractivity contribution is -0.247. The average molecular weight is 397 g/mol. The number of carbonyl (C=O) groups excluding carboxylic acids is 1. The Kier molecular flexibility index (Phi) is 6.35. The van der Waals surface area contributed by atoms with Crippen molar-refractivity contribution < 1.29 is 44.5 Å². The van der Waals surface area contributed by atoms with Crippen LogP contribution in [0.1, 0.15) is 21.5 Å². The number of alkyl halides is 5. The topological polar surface area (TPSA) is 107 Å². The van der Waals surface area contributed by atoms with Crippen molar-refractivity contribution in [3.8, 4) is 0 Å². The number of nitrogen functional groups attached to an aromatic ring is 1. The van der Waals surface area contributed by atoms with Gasteiger partial charge in [-0.05, 0) is 11.6 Å². The van der Waals surface area contributed by atoms with E-state index in [4.69, 9.17) is 26.0 Å². The average Bonchev–Trinajstić information content (AvgIpc) is 2.50. The third-order valence-electron chi connectivity index (χ3n) is 3.17. The number of halogens is 5. The van der Waals surface area contributed by atoms with Gasteiger partial charge in [-0.3, -0.25) is 4.55 Å². The molecule has 0 heterocycles. The molecule has 0 aliphatic carbocycles. The molecule has 0 aliphatic rings. The zero-order valence-electron chi connectivity index (χ0n) is 12.8. The smallest absolute Gasteiger partial charge is 0.432 e. The molecule has 0 aliphatic heterocycles. The van der Waals surface area contributed by atoms with Gasteiger partial charge in [-0.25, -0.2) is 4.79 Å². The van der Waals surface area contributed by atoms with Crippen LogP contribution in [0.2, 0.25) is 0 Å². The van der Waals surface area contributed by atoms with Gasteiger partial charge in [0.2, 0.25) is 0 Å². The van der Waals surface area contributed by atoms with Crippen LogP contribution in [0.4, 0.5) is 27.6 Å². The Labute approximate surface area is 147 Å². The molecule has 1 rings (SSSR count). The molecule has 0 amide bonds. The van der Waals surface area contributed by atoms with Crippen molar-refractivity contribution in [3.63, 3.8) is 0 Å². The zero-order chi connectivity index (χ0) is 20.5. The minimum absolute atomic E-state index is 0.0741. The number of benzene rings is 1. The minimum Gasteiger partial charge on any atom is -0.441 e. The number of ether oxygens (including phenoxy) is 1. The Morgan fingerprint density at radius 2 is 1.73 bits per heavy atom. The van der Waals surface area contributed by atoms with E-state index in [1.165, 1.54) is 6.07 Å². The molecule has 4 radical (unpaired) electrons. The number of carbonyl (C=O) groups is 1. The molecule has 1 aromatic rings. The molecular weight excluding hydrogens is 387 g/mol. The molecule has 14 heteroatoms. The van der Waals surface area contributed by atoms with Gasteiger partial charge in [0.25, 0.3) is 6.10 Å². The van der Waals surface area contributed by atoms with E-state index in [9.17, 15) is 35.2 Å². The lowest BCUT2D eigenvalue weighted by Crippen LogP contribution is -2.52. The van der Waals surface area contributed by atoms with Crippen LogP contribution in [0.15, 0.2) is 12.1 Å². The van der Waals surface area contributed by atoms with E-state index >= 15 is 0 Å². The Bertz CT molecular complexity index is 800. The Hall–Kier alpha value is -1.82. The summed E-state index contributed by atoms with van der Waals surface area (Å²) in [5.74, 6) is -2.00.